The molecule has 1 amide bonds. The van der Waals surface area contributed by atoms with Crippen molar-refractivity contribution in [1.82, 2.24) is 5.32 Å². The van der Waals surface area contributed by atoms with E-state index in [2.05, 4.69) is 12.2 Å². The number of nitrogens with one attached hydrogen (secondary N) is 1. The quantitative estimate of drug-likeness (QED) is 0.480. The predicted molar refractivity (Wildman–Crippen MR) is 117 cm³/mol. The lowest BCUT2D eigenvalue weighted by atomic mass is 10.1. The molecular formula is C24H29NO5. The predicted octanol–water partition coefficient (Wildman–Crippen LogP) is 4.91. The van der Waals surface area contributed by atoms with Gasteiger partial charge < -0.3 is 23.9 Å². The van der Waals surface area contributed by atoms with Gasteiger partial charge in [0, 0.05) is 11.9 Å². The minimum atomic E-state index is -0.155. The van der Waals surface area contributed by atoms with Gasteiger partial charge in [0.15, 0.2) is 11.5 Å². The Hall–Kier alpha value is -3.15. The lowest BCUT2D eigenvalue weighted by Crippen LogP contribution is -2.26. The molecule has 3 rings (SSSR count). The van der Waals surface area contributed by atoms with E-state index in [1.807, 2.05) is 36.4 Å². The smallest absolute Gasteiger partial charge is 0.255 e. The monoisotopic (exact) mass is 411 g/mol. The first-order chi connectivity index (χ1) is 14.6. The van der Waals surface area contributed by atoms with Crippen LogP contribution in [0.15, 0.2) is 40.8 Å². The van der Waals surface area contributed by atoms with Gasteiger partial charge in [-0.1, -0.05) is 19.4 Å². The average molecular weight is 411 g/mol. The largest absolute Gasteiger partial charge is 0.494 e. The van der Waals surface area contributed by atoms with Gasteiger partial charge in [-0.05, 0) is 55.7 Å². The van der Waals surface area contributed by atoms with Crippen LogP contribution in [-0.2, 0) is 6.42 Å². The molecule has 6 heteroatoms. The van der Waals surface area contributed by atoms with E-state index in [0.29, 0.717) is 48.0 Å². The van der Waals surface area contributed by atoms with E-state index in [-0.39, 0.29) is 5.91 Å². The Morgan fingerprint density at radius 3 is 2.60 bits per heavy atom. The molecule has 0 aliphatic heterocycles. The number of rotatable bonds is 10. The maximum Gasteiger partial charge on any atom is 0.255 e. The van der Waals surface area contributed by atoms with Gasteiger partial charge in [-0.15, -0.1) is 0 Å². The third kappa shape index (κ3) is 4.87. The van der Waals surface area contributed by atoms with Crippen molar-refractivity contribution in [3.63, 3.8) is 0 Å². The lowest BCUT2D eigenvalue weighted by Gasteiger charge is -2.10. The van der Waals surface area contributed by atoms with Crippen molar-refractivity contribution in [3.8, 4) is 17.2 Å². The summed E-state index contributed by atoms with van der Waals surface area (Å²) in [6.07, 6.45) is 2.74. The number of methoxy groups -OCH3 is 2. The number of hydrogen-bond acceptors (Lipinski definition) is 5. The summed E-state index contributed by atoms with van der Waals surface area (Å²) in [5.74, 6) is 2.55. The van der Waals surface area contributed by atoms with Gasteiger partial charge in [0.25, 0.3) is 5.91 Å². The summed E-state index contributed by atoms with van der Waals surface area (Å²) >= 11 is 0. The molecule has 0 fully saturated rings. The topological polar surface area (TPSA) is 69.9 Å². The highest BCUT2D eigenvalue weighted by Gasteiger charge is 2.18. The molecule has 2 aromatic carbocycles. The fraction of sp³-hybridized carbons (Fsp3) is 0.375. The van der Waals surface area contributed by atoms with Crippen molar-refractivity contribution < 1.29 is 23.4 Å². The van der Waals surface area contributed by atoms with Crippen LogP contribution in [0.2, 0.25) is 0 Å². The Bertz CT molecular complexity index is 1010. The Morgan fingerprint density at radius 2 is 1.87 bits per heavy atom. The molecule has 30 heavy (non-hydrogen) atoms. The molecular weight excluding hydrogens is 382 g/mol. The standard InChI is InChI=1S/C24H29NO5/c1-5-6-13-29-18-8-10-20-19(15-18)23(16(2)30-20)24(26)25-12-11-17-7-9-21(27-3)22(14-17)28-4/h7-10,14-15H,5-6,11-13H2,1-4H3,(H,25,26). The highest BCUT2D eigenvalue weighted by Crippen LogP contribution is 2.30. The van der Waals surface area contributed by atoms with Crippen LogP contribution in [0.4, 0.5) is 0 Å². The lowest BCUT2D eigenvalue weighted by molar-refractivity contribution is 0.0954. The van der Waals surface area contributed by atoms with E-state index in [4.69, 9.17) is 18.6 Å². The van der Waals surface area contributed by atoms with Crippen molar-refractivity contribution in [2.24, 2.45) is 0 Å². The first kappa shape index (κ1) is 21.6. The maximum absolute atomic E-state index is 12.9. The van der Waals surface area contributed by atoms with E-state index < -0.39 is 0 Å². The van der Waals surface area contributed by atoms with E-state index in [9.17, 15) is 4.79 Å². The summed E-state index contributed by atoms with van der Waals surface area (Å²) in [6.45, 7) is 5.08. The van der Waals surface area contributed by atoms with Crippen LogP contribution < -0.4 is 19.5 Å². The second-order valence-corrected chi connectivity index (χ2v) is 7.09. The van der Waals surface area contributed by atoms with Crippen molar-refractivity contribution in [1.29, 1.82) is 0 Å². The van der Waals surface area contributed by atoms with Crippen molar-refractivity contribution in [2.45, 2.75) is 33.1 Å². The van der Waals surface area contributed by atoms with Crippen LogP contribution in [0, 0.1) is 6.92 Å². The van der Waals surface area contributed by atoms with Gasteiger partial charge in [-0.3, -0.25) is 4.79 Å². The molecule has 0 spiro atoms. The van der Waals surface area contributed by atoms with E-state index in [1.165, 1.54) is 0 Å². The normalized spacial score (nSPS) is 10.8. The Balaban J connectivity index is 1.69. The maximum atomic E-state index is 12.9. The van der Waals surface area contributed by atoms with Crippen molar-refractivity contribution >= 4 is 16.9 Å². The summed E-state index contributed by atoms with van der Waals surface area (Å²) in [7, 11) is 3.21. The summed E-state index contributed by atoms with van der Waals surface area (Å²) in [5, 5.41) is 3.76. The molecule has 0 aliphatic carbocycles. The van der Waals surface area contributed by atoms with Crippen LogP contribution in [0.5, 0.6) is 17.2 Å². The molecule has 0 saturated carbocycles. The molecule has 0 bridgehead atoms. The van der Waals surface area contributed by atoms with Crippen molar-refractivity contribution in [3.05, 3.63) is 53.3 Å². The van der Waals surface area contributed by atoms with Gasteiger partial charge in [-0.25, -0.2) is 0 Å². The number of furan rings is 1. The number of hydrogen-bond donors (Lipinski definition) is 1. The fourth-order valence-electron chi connectivity index (χ4n) is 3.35. The molecule has 0 saturated heterocycles. The third-order valence-electron chi connectivity index (χ3n) is 4.98. The second kappa shape index (κ2) is 10.1. The van der Waals surface area contributed by atoms with Crippen LogP contribution in [-0.4, -0.2) is 33.3 Å². The number of carbonyl (C=O) groups excluding carboxylic acids is 1. The van der Waals surface area contributed by atoms with Crippen LogP contribution >= 0.6 is 0 Å². The van der Waals surface area contributed by atoms with Crippen molar-refractivity contribution in [2.75, 3.05) is 27.4 Å². The summed E-state index contributed by atoms with van der Waals surface area (Å²) in [5.41, 5.74) is 2.28. The van der Waals surface area contributed by atoms with E-state index in [0.717, 1.165) is 29.5 Å². The molecule has 1 heterocycles. The highest BCUT2D eigenvalue weighted by molar-refractivity contribution is 6.07. The molecule has 0 radical (unpaired) electrons. The first-order valence-corrected chi connectivity index (χ1v) is 10.2. The number of aryl methyl sites for hydroxylation is 1. The summed E-state index contributed by atoms with van der Waals surface area (Å²) < 4.78 is 22.2. The molecule has 1 N–H and O–H groups in total. The molecule has 0 aliphatic rings. The Kier molecular flexibility index (Phi) is 7.22. The molecule has 0 unspecified atom stereocenters. The molecule has 160 valence electrons. The van der Waals surface area contributed by atoms with Crippen LogP contribution in [0.25, 0.3) is 11.0 Å². The highest BCUT2D eigenvalue weighted by atomic mass is 16.5. The van der Waals surface area contributed by atoms with Gasteiger partial charge in [0.1, 0.15) is 17.1 Å². The number of benzene rings is 2. The summed E-state index contributed by atoms with van der Waals surface area (Å²) in [6, 6.07) is 11.4. The third-order valence-corrected chi connectivity index (χ3v) is 4.98. The van der Waals surface area contributed by atoms with E-state index >= 15 is 0 Å². The first-order valence-electron chi connectivity index (χ1n) is 10.2. The molecule has 1 aromatic heterocycles. The zero-order valence-corrected chi connectivity index (χ0v) is 18.0. The number of amides is 1. The molecule has 0 atom stereocenters. The fourth-order valence-corrected chi connectivity index (χ4v) is 3.35. The zero-order chi connectivity index (χ0) is 21.5. The minimum Gasteiger partial charge on any atom is -0.494 e. The average Bonchev–Trinajstić information content (AvgIpc) is 3.08. The van der Waals surface area contributed by atoms with Gasteiger partial charge in [-0.2, -0.15) is 0 Å². The molecule has 6 nitrogen and oxygen atoms in total. The summed E-state index contributed by atoms with van der Waals surface area (Å²) in [4.78, 5) is 12.9. The number of carbonyl (C=O) groups is 1. The van der Waals surface area contributed by atoms with Gasteiger partial charge >= 0.3 is 0 Å². The Labute approximate surface area is 177 Å². The Morgan fingerprint density at radius 1 is 1.07 bits per heavy atom. The molecule has 3 aromatic rings. The van der Waals surface area contributed by atoms with Crippen LogP contribution in [0.1, 0.15) is 41.4 Å². The minimum absolute atomic E-state index is 0.155. The van der Waals surface area contributed by atoms with Crippen LogP contribution in [0.3, 0.4) is 0 Å². The SMILES string of the molecule is CCCCOc1ccc2oc(C)c(C(=O)NCCc3ccc(OC)c(OC)c3)c2c1. The zero-order valence-electron chi connectivity index (χ0n) is 18.0. The van der Waals surface area contributed by atoms with E-state index in [1.54, 1.807) is 21.1 Å². The number of fused-ring (bicyclic) bond motifs is 1. The second-order valence-electron chi connectivity index (χ2n) is 7.09. The van der Waals surface area contributed by atoms with Gasteiger partial charge in [0.05, 0.1) is 26.4 Å². The number of unbranched alkanes of at least 4 members (excludes halogenated alkanes) is 1. The number of ether oxygens (including phenoxy) is 3. The van der Waals surface area contributed by atoms with Gasteiger partial charge in [0.2, 0.25) is 0 Å².